The molecule has 0 aliphatic heterocycles. The minimum Gasteiger partial charge on any atom is -0.359 e. The van der Waals surface area contributed by atoms with Crippen molar-refractivity contribution in [2.45, 2.75) is 6.42 Å². The van der Waals surface area contributed by atoms with Crippen molar-refractivity contribution in [2.24, 2.45) is 5.73 Å². The number of nitrogens with one attached hydrogen (secondary N) is 2. The van der Waals surface area contributed by atoms with Gasteiger partial charge in [-0.15, -0.1) is 0 Å². The van der Waals surface area contributed by atoms with Gasteiger partial charge in [-0.3, -0.25) is 19.7 Å². The summed E-state index contributed by atoms with van der Waals surface area (Å²) in [5, 5.41) is 4.18. The van der Waals surface area contributed by atoms with Crippen LogP contribution in [0.1, 0.15) is 6.42 Å². The predicted octanol–water partition coefficient (Wildman–Crippen LogP) is -2.28. The number of hydrogen-bond donors (Lipinski definition) is 3. The summed E-state index contributed by atoms with van der Waals surface area (Å²) < 4.78 is 0. The number of imide groups is 1. The molecule has 0 atom stereocenters. The quantitative estimate of drug-likeness (QED) is 0.418. The molecule has 0 rings (SSSR count). The van der Waals surface area contributed by atoms with Crippen LogP contribution in [0, 0.1) is 0 Å². The maximum atomic E-state index is 10.7. The molecule has 0 fully saturated rings. The highest BCUT2D eigenvalue weighted by atomic mass is 16.2. The largest absolute Gasteiger partial charge is 0.359 e. The van der Waals surface area contributed by atoms with Crippen LogP contribution in [0.5, 0.6) is 0 Å². The number of carbonyl (C=O) groups excluding carboxylic acids is 3. The number of hydrogen-bond acceptors (Lipinski definition) is 4. The highest BCUT2D eigenvalue weighted by molar-refractivity contribution is 6.04. The van der Waals surface area contributed by atoms with Crippen molar-refractivity contribution in [3.05, 3.63) is 0 Å². The van der Waals surface area contributed by atoms with Gasteiger partial charge < -0.3 is 11.1 Å². The average molecular weight is 173 g/mol. The number of nitrogens with two attached hydrogens (primary N) is 1. The van der Waals surface area contributed by atoms with E-state index in [-0.39, 0.29) is 13.0 Å². The Hall–Kier alpha value is -1.43. The highest BCUT2D eigenvalue weighted by Gasteiger charge is 2.09. The van der Waals surface area contributed by atoms with E-state index >= 15 is 0 Å². The zero-order valence-corrected chi connectivity index (χ0v) is 6.72. The van der Waals surface area contributed by atoms with Gasteiger partial charge >= 0.3 is 0 Å². The van der Waals surface area contributed by atoms with Crippen LogP contribution in [0.25, 0.3) is 0 Å². The number of amides is 3. The van der Waals surface area contributed by atoms with Gasteiger partial charge in [0.15, 0.2) is 0 Å². The third-order valence-electron chi connectivity index (χ3n) is 1.06. The Morgan fingerprint density at radius 2 is 1.75 bits per heavy atom. The van der Waals surface area contributed by atoms with Gasteiger partial charge in [-0.1, -0.05) is 0 Å². The monoisotopic (exact) mass is 173 g/mol. The Morgan fingerprint density at radius 3 is 2.17 bits per heavy atom. The molecule has 0 aromatic carbocycles. The van der Waals surface area contributed by atoms with E-state index in [9.17, 15) is 14.4 Å². The van der Waals surface area contributed by atoms with Crippen molar-refractivity contribution in [1.29, 1.82) is 0 Å². The predicted molar refractivity (Wildman–Crippen MR) is 40.9 cm³/mol. The van der Waals surface area contributed by atoms with Crippen LogP contribution in [-0.4, -0.2) is 31.3 Å². The fourth-order valence-electron chi connectivity index (χ4n) is 0.485. The normalized spacial score (nSPS) is 8.83. The highest BCUT2D eigenvalue weighted by Crippen LogP contribution is 1.78. The zero-order valence-electron chi connectivity index (χ0n) is 6.72. The topological polar surface area (TPSA) is 101 Å². The Bertz CT molecular complexity index is 182. The van der Waals surface area contributed by atoms with Crippen LogP contribution >= 0.6 is 0 Å². The van der Waals surface area contributed by atoms with Crippen LogP contribution in [0.4, 0.5) is 0 Å². The summed E-state index contributed by atoms with van der Waals surface area (Å²) >= 11 is 0. The van der Waals surface area contributed by atoms with E-state index < -0.39 is 17.7 Å². The van der Waals surface area contributed by atoms with Crippen molar-refractivity contribution < 1.29 is 14.4 Å². The molecule has 0 heterocycles. The summed E-state index contributed by atoms with van der Waals surface area (Å²) in [6, 6.07) is 0. The summed E-state index contributed by atoms with van der Waals surface area (Å²) in [7, 11) is 1.40. The van der Waals surface area contributed by atoms with Crippen LogP contribution in [0.2, 0.25) is 0 Å². The Balaban J connectivity index is 3.74. The molecule has 0 aliphatic rings. The SMILES string of the molecule is CNC(=O)CC(=O)NC(=O)CN. The first-order valence-electron chi connectivity index (χ1n) is 3.33. The first kappa shape index (κ1) is 10.6. The lowest BCUT2D eigenvalue weighted by molar-refractivity contribution is -0.132. The molecular formula is C6H11N3O3. The second-order valence-electron chi connectivity index (χ2n) is 2.03. The molecule has 0 bridgehead atoms. The molecule has 0 saturated carbocycles. The standard InChI is InChI=1S/C6H11N3O3/c1-8-4(10)2-5(11)9-6(12)3-7/h2-3,7H2,1H3,(H,8,10)(H,9,11,12). The molecule has 4 N–H and O–H groups in total. The van der Waals surface area contributed by atoms with Gasteiger partial charge in [0.2, 0.25) is 17.7 Å². The van der Waals surface area contributed by atoms with Crippen LogP contribution in [-0.2, 0) is 14.4 Å². The van der Waals surface area contributed by atoms with Crippen molar-refractivity contribution in [3.63, 3.8) is 0 Å². The second kappa shape index (κ2) is 5.25. The van der Waals surface area contributed by atoms with Gasteiger partial charge in [-0.25, -0.2) is 0 Å². The van der Waals surface area contributed by atoms with Crippen molar-refractivity contribution in [2.75, 3.05) is 13.6 Å². The van der Waals surface area contributed by atoms with Gasteiger partial charge in [-0.05, 0) is 0 Å². The summed E-state index contributed by atoms with van der Waals surface area (Å²) in [6.45, 7) is -0.264. The maximum Gasteiger partial charge on any atom is 0.240 e. The Labute approximate surface area is 69.5 Å². The van der Waals surface area contributed by atoms with Crippen LogP contribution < -0.4 is 16.4 Å². The van der Waals surface area contributed by atoms with E-state index in [2.05, 4.69) is 5.32 Å². The third kappa shape index (κ3) is 4.40. The molecule has 0 spiro atoms. The summed E-state index contributed by atoms with van der Waals surface area (Å²) in [5.41, 5.74) is 4.92. The first-order chi connectivity index (χ1) is 5.60. The molecule has 0 saturated heterocycles. The van der Waals surface area contributed by atoms with Crippen LogP contribution in [0.3, 0.4) is 0 Å². The van der Waals surface area contributed by atoms with E-state index in [0.717, 1.165) is 0 Å². The molecule has 0 aromatic heterocycles. The molecular weight excluding hydrogens is 162 g/mol. The molecule has 0 unspecified atom stereocenters. The molecule has 0 aromatic rings. The first-order valence-corrected chi connectivity index (χ1v) is 3.33. The molecule has 0 aliphatic carbocycles. The molecule has 6 nitrogen and oxygen atoms in total. The molecule has 3 amide bonds. The number of carbonyl (C=O) groups is 3. The van der Waals surface area contributed by atoms with Crippen LogP contribution in [0.15, 0.2) is 0 Å². The van der Waals surface area contributed by atoms with E-state index in [4.69, 9.17) is 5.73 Å². The summed E-state index contributed by atoms with van der Waals surface area (Å²) in [6.07, 6.45) is -0.359. The molecule has 12 heavy (non-hydrogen) atoms. The van der Waals surface area contributed by atoms with Gasteiger partial charge in [0.1, 0.15) is 6.42 Å². The fourth-order valence-corrected chi connectivity index (χ4v) is 0.485. The summed E-state index contributed by atoms with van der Waals surface area (Å²) in [5.74, 6) is -1.69. The van der Waals surface area contributed by atoms with Crippen molar-refractivity contribution in [1.82, 2.24) is 10.6 Å². The summed E-state index contributed by atoms with van der Waals surface area (Å²) in [4.78, 5) is 31.8. The lowest BCUT2D eigenvalue weighted by atomic mass is 10.4. The zero-order chi connectivity index (χ0) is 9.56. The second-order valence-corrected chi connectivity index (χ2v) is 2.03. The number of rotatable bonds is 3. The Morgan fingerprint density at radius 1 is 1.17 bits per heavy atom. The minimum atomic E-state index is -0.648. The molecule has 0 radical (unpaired) electrons. The van der Waals surface area contributed by atoms with Gasteiger partial charge in [0.05, 0.1) is 6.54 Å². The van der Waals surface area contributed by atoms with E-state index in [0.29, 0.717) is 0 Å². The third-order valence-corrected chi connectivity index (χ3v) is 1.06. The van der Waals surface area contributed by atoms with Gasteiger partial charge in [0, 0.05) is 7.05 Å². The van der Waals surface area contributed by atoms with E-state index in [1.54, 1.807) is 0 Å². The fraction of sp³-hybridized carbons (Fsp3) is 0.500. The Kier molecular flexibility index (Phi) is 4.62. The smallest absolute Gasteiger partial charge is 0.240 e. The lowest BCUT2D eigenvalue weighted by Crippen LogP contribution is -2.37. The van der Waals surface area contributed by atoms with Gasteiger partial charge in [-0.2, -0.15) is 0 Å². The van der Waals surface area contributed by atoms with Crippen molar-refractivity contribution in [3.8, 4) is 0 Å². The van der Waals surface area contributed by atoms with Gasteiger partial charge in [0.25, 0.3) is 0 Å². The van der Waals surface area contributed by atoms with E-state index in [1.165, 1.54) is 7.05 Å². The maximum absolute atomic E-state index is 10.7. The minimum absolute atomic E-state index is 0.264. The average Bonchev–Trinajstić information content (AvgIpc) is 2.03. The van der Waals surface area contributed by atoms with E-state index in [1.807, 2.05) is 5.32 Å². The lowest BCUT2D eigenvalue weighted by Gasteiger charge is -2.00. The molecule has 68 valence electrons. The van der Waals surface area contributed by atoms with Crippen molar-refractivity contribution >= 4 is 17.7 Å². The molecule has 6 heteroatoms.